The fourth-order valence-corrected chi connectivity index (χ4v) is 2.01. The second-order valence-electron chi connectivity index (χ2n) is 4.65. The maximum Gasteiger partial charge on any atom is 0.248 e. The third-order valence-corrected chi connectivity index (χ3v) is 2.96. The molecular formula is C16H14N2O. The molecule has 0 aliphatic heterocycles. The van der Waals surface area contributed by atoms with Gasteiger partial charge in [-0.1, -0.05) is 35.4 Å². The molecule has 0 aliphatic rings. The standard InChI is InChI=1S/C16H14N2O/c1-11-5-3-7-13(9-11)15-17-18-16(19-15)14-8-4-6-12(2)10-14/h3-10H,1-2H3. The van der Waals surface area contributed by atoms with Crippen molar-refractivity contribution in [1.29, 1.82) is 0 Å². The van der Waals surface area contributed by atoms with E-state index in [1.807, 2.05) is 62.4 Å². The molecule has 0 atom stereocenters. The molecule has 3 heteroatoms. The Hall–Kier alpha value is -2.42. The Morgan fingerprint density at radius 3 is 1.63 bits per heavy atom. The summed E-state index contributed by atoms with van der Waals surface area (Å²) in [5.41, 5.74) is 4.25. The highest BCUT2D eigenvalue weighted by molar-refractivity contribution is 5.58. The quantitative estimate of drug-likeness (QED) is 0.689. The molecule has 0 spiro atoms. The van der Waals surface area contributed by atoms with Crippen LogP contribution in [0, 0.1) is 13.8 Å². The lowest BCUT2D eigenvalue weighted by atomic mass is 10.1. The highest BCUT2D eigenvalue weighted by atomic mass is 16.4. The van der Waals surface area contributed by atoms with Crippen LogP contribution in [0.3, 0.4) is 0 Å². The zero-order valence-electron chi connectivity index (χ0n) is 10.9. The highest BCUT2D eigenvalue weighted by Gasteiger charge is 2.10. The number of aryl methyl sites for hydroxylation is 2. The Morgan fingerprint density at radius 2 is 1.21 bits per heavy atom. The van der Waals surface area contributed by atoms with E-state index in [0.717, 1.165) is 11.1 Å². The molecule has 2 aromatic carbocycles. The van der Waals surface area contributed by atoms with Gasteiger partial charge in [0.05, 0.1) is 0 Å². The molecule has 1 aromatic heterocycles. The molecule has 0 unspecified atom stereocenters. The van der Waals surface area contributed by atoms with E-state index in [9.17, 15) is 0 Å². The minimum atomic E-state index is 0.556. The van der Waals surface area contributed by atoms with Crippen LogP contribution in [0.15, 0.2) is 52.9 Å². The van der Waals surface area contributed by atoms with Crippen molar-refractivity contribution < 1.29 is 4.42 Å². The molecule has 0 amide bonds. The molecule has 3 aromatic rings. The van der Waals surface area contributed by atoms with Crippen LogP contribution < -0.4 is 0 Å². The molecule has 1 heterocycles. The fourth-order valence-electron chi connectivity index (χ4n) is 2.01. The molecule has 0 saturated carbocycles. The Morgan fingerprint density at radius 1 is 0.737 bits per heavy atom. The molecule has 0 N–H and O–H groups in total. The van der Waals surface area contributed by atoms with Crippen LogP contribution in [-0.4, -0.2) is 10.2 Å². The molecule has 3 nitrogen and oxygen atoms in total. The number of benzene rings is 2. The van der Waals surface area contributed by atoms with Crippen molar-refractivity contribution in [1.82, 2.24) is 10.2 Å². The third-order valence-electron chi connectivity index (χ3n) is 2.96. The van der Waals surface area contributed by atoms with E-state index in [1.54, 1.807) is 0 Å². The van der Waals surface area contributed by atoms with E-state index in [-0.39, 0.29) is 0 Å². The first-order valence-electron chi connectivity index (χ1n) is 6.20. The number of nitrogens with zero attached hydrogens (tertiary/aromatic N) is 2. The highest BCUT2D eigenvalue weighted by Crippen LogP contribution is 2.24. The monoisotopic (exact) mass is 250 g/mol. The summed E-state index contributed by atoms with van der Waals surface area (Å²) in [5.74, 6) is 1.11. The Kier molecular flexibility index (Phi) is 2.88. The lowest BCUT2D eigenvalue weighted by molar-refractivity contribution is 0.584. The topological polar surface area (TPSA) is 38.9 Å². The molecule has 0 bridgehead atoms. The summed E-state index contributed by atoms with van der Waals surface area (Å²) in [5, 5.41) is 8.23. The van der Waals surface area contributed by atoms with Gasteiger partial charge in [0.25, 0.3) is 0 Å². The normalized spacial score (nSPS) is 10.6. The molecular weight excluding hydrogens is 236 g/mol. The van der Waals surface area contributed by atoms with Crippen LogP contribution in [0.25, 0.3) is 22.9 Å². The lowest BCUT2D eigenvalue weighted by Gasteiger charge is -1.97. The van der Waals surface area contributed by atoms with E-state index >= 15 is 0 Å². The SMILES string of the molecule is Cc1cccc(-c2nnc(-c3cccc(C)c3)o2)c1. The van der Waals surface area contributed by atoms with Crippen molar-refractivity contribution >= 4 is 0 Å². The molecule has 0 saturated heterocycles. The summed E-state index contributed by atoms with van der Waals surface area (Å²) in [4.78, 5) is 0. The molecule has 3 rings (SSSR count). The second kappa shape index (κ2) is 4.69. The first-order valence-corrected chi connectivity index (χ1v) is 6.20. The van der Waals surface area contributed by atoms with Crippen LogP contribution in [0.1, 0.15) is 11.1 Å². The van der Waals surface area contributed by atoms with Crippen molar-refractivity contribution in [3.8, 4) is 22.9 Å². The lowest BCUT2D eigenvalue weighted by Crippen LogP contribution is -1.79. The van der Waals surface area contributed by atoms with Crippen LogP contribution in [0.4, 0.5) is 0 Å². The van der Waals surface area contributed by atoms with Gasteiger partial charge in [0.15, 0.2) is 0 Å². The second-order valence-corrected chi connectivity index (χ2v) is 4.65. The van der Waals surface area contributed by atoms with Gasteiger partial charge in [0.2, 0.25) is 11.8 Å². The number of rotatable bonds is 2. The Bertz CT molecular complexity index is 656. The zero-order chi connectivity index (χ0) is 13.2. The van der Waals surface area contributed by atoms with Crippen molar-refractivity contribution in [3.05, 3.63) is 59.7 Å². The van der Waals surface area contributed by atoms with Crippen molar-refractivity contribution in [3.63, 3.8) is 0 Å². The number of aromatic nitrogens is 2. The summed E-state index contributed by atoms with van der Waals surface area (Å²) in [6, 6.07) is 16.1. The molecule has 0 aliphatic carbocycles. The van der Waals surface area contributed by atoms with Gasteiger partial charge < -0.3 is 4.42 Å². The molecule has 0 radical (unpaired) electrons. The Balaban J connectivity index is 2.00. The van der Waals surface area contributed by atoms with Gasteiger partial charge in [-0.05, 0) is 38.1 Å². The van der Waals surface area contributed by atoms with Crippen molar-refractivity contribution in [2.75, 3.05) is 0 Å². The van der Waals surface area contributed by atoms with Crippen LogP contribution in [-0.2, 0) is 0 Å². The molecule has 94 valence electrons. The maximum atomic E-state index is 5.74. The zero-order valence-corrected chi connectivity index (χ0v) is 10.9. The van der Waals surface area contributed by atoms with Gasteiger partial charge in [-0.2, -0.15) is 0 Å². The van der Waals surface area contributed by atoms with Crippen molar-refractivity contribution in [2.45, 2.75) is 13.8 Å². The van der Waals surface area contributed by atoms with E-state index in [4.69, 9.17) is 4.42 Å². The van der Waals surface area contributed by atoms with Gasteiger partial charge in [0, 0.05) is 11.1 Å². The van der Waals surface area contributed by atoms with E-state index in [1.165, 1.54) is 11.1 Å². The summed E-state index contributed by atoms with van der Waals surface area (Å²) < 4.78 is 5.74. The number of hydrogen-bond acceptors (Lipinski definition) is 3. The third kappa shape index (κ3) is 2.40. The minimum Gasteiger partial charge on any atom is -0.416 e. The van der Waals surface area contributed by atoms with Crippen LogP contribution in [0.5, 0.6) is 0 Å². The first kappa shape index (κ1) is 11.7. The van der Waals surface area contributed by atoms with Crippen molar-refractivity contribution in [2.24, 2.45) is 0 Å². The van der Waals surface area contributed by atoms with E-state index in [2.05, 4.69) is 10.2 Å². The summed E-state index contributed by atoms with van der Waals surface area (Å²) in [6.07, 6.45) is 0. The van der Waals surface area contributed by atoms with Gasteiger partial charge in [0.1, 0.15) is 0 Å². The molecule has 0 fully saturated rings. The predicted molar refractivity (Wildman–Crippen MR) is 74.6 cm³/mol. The fraction of sp³-hybridized carbons (Fsp3) is 0.125. The summed E-state index contributed by atoms with van der Waals surface area (Å²) in [7, 11) is 0. The first-order chi connectivity index (χ1) is 9.22. The van der Waals surface area contributed by atoms with Gasteiger partial charge in [-0.3, -0.25) is 0 Å². The van der Waals surface area contributed by atoms with Crippen LogP contribution in [0.2, 0.25) is 0 Å². The largest absolute Gasteiger partial charge is 0.416 e. The average molecular weight is 250 g/mol. The minimum absolute atomic E-state index is 0.556. The predicted octanol–water partition coefficient (Wildman–Crippen LogP) is 4.02. The molecule has 19 heavy (non-hydrogen) atoms. The summed E-state index contributed by atoms with van der Waals surface area (Å²) >= 11 is 0. The van der Waals surface area contributed by atoms with Crippen LogP contribution >= 0.6 is 0 Å². The van der Waals surface area contributed by atoms with Gasteiger partial charge in [-0.25, -0.2) is 0 Å². The Labute approximate surface area is 111 Å². The van der Waals surface area contributed by atoms with E-state index < -0.39 is 0 Å². The average Bonchev–Trinajstić information content (AvgIpc) is 2.88. The smallest absolute Gasteiger partial charge is 0.248 e. The maximum absolute atomic E-state index is 5.74. The van der Waals surface area contributed by atoms with Gasteiger partial charge in [-0.15, -0.1) is 10.2 Å². The van der Waals surface area contributed by atoms with E-state index in [0.29, 0.717) is 11.8 Å². The van der Waals surface area contributed by atoms with Gasteiger partial charge >= 0.3 is 0 Å². The summed E-state index contributed by atoms with van der Waals surface area (Å²) in [6.45, 7) is 4.09. The number of hydrogen-bond donors (Lipinski definition) is 0.